The number of benzene rings is 1. The molecular formula is C19H23F2N3O3. The Morgan fingerprint density at radius 2 is 2.11 bits per heavy atom. The lowest BCUT2D eigenvalue weighted by Crippen LogP contribution is -2.38. The fraction of sp³-hybridized carbons (Fsp3) is 0.368. The van der Waals surface area contributed by atoms with Crippen LogP contribution in [0.15, 0.2) is 41.3 Å². The molecular weight excluding hydrogens is 356 g/mol. The monoisotopic (exact) mass is 379 g/mol. The molecule has 146 valence electrons. The number of allylic oxidation sites excluding steroid dienone is 1. The summed E-state index contributed by atoms with van der Waals surface area (Å²) in [7, 11) is 1.57. The highest BCUT2D eigenvalue weighted by molar-refractivity contribution is 6.11. The van der Waals surface area contributed by atoms with Crippen LogP contribution in [0.3, 0.4) is 0 Å². The van der Waals surface area contributed by atoms with E-state index < -0.39 is 23.2 Å². The van der Waals surface area contributed by atoms with Gasteiger partial charge in [-0.05, 0) is 31.4 Å². The molecule has 27 heavy (non-hydrogen) atoms. The van der Waals surface area contributed by atoms with Crippen LogP contribution in [0, 0.1) is 11.6 Å². The van der Waals surface area contributed by atoms with E-state index in [0.29, 0.717) is 25.9 Å². The molecule has 1 aliphatic heterocycles. The summed E-state index contributed by atoms with van der Waals surface area (Å²) in [4.78, 5) is 26.7. The third-order valence-corrected chi connectivity index (χ3v) is 4.36. The van der Waals surface area contributed by atoms with Crippen molar-refractivity contribution in [2.24, 2.45) is 0 Å². The summed E-state index contributed by atoms with van der Waals surface area (Å²) in [5.74, 6) is -3.30. The average molecular weight is 379 g/mol. The maximum absolute atomic E-state index is 14.0. The number of nitrogens with zero attached hydrogens (tertiary/aromatic N) is 1. The van der Waals surface area contributed by atoms with Gasteiger partial charge in [-0.25, -0.2) is 14.2 Å². The fourth-order valence-corrected chi connectivity index (χ4v) is 2.88. The first-order valence-electron chi connectivity index (χ1n) is 8.70. The number of piperidine rings is 1. The highest BCUT2D eigenvalue weighted by Gasteiger charge is 2.29. The fourth-order valence-electron chi connectivity index (χ4n) is 2.88. The number of likely N-dealkylation sites (tertiary alicyclic amines) is 1. The highest BCUT2D eigenvalue weighted by atomic mass is 19.1. The molecule has 1 aromatic rings. The van der Waals surface area contributed by atoms with Crippen LogP contribution in [0.1, 0.15) is 25.3 Å². The number of ketones is 1. The molecule has 0 bridgehead atoms. The Bertz CT molecular complexity index is 790. The van der Waals surface area contributed by atoms with Crippen LogP contribution in [-0.4, -0.2) is 41.8 Å². The number of aliphatic hydroxyl groups is 1. The predicted molar refractivity (Wildman–Crippen MR) is 96.5 cm³/mol. The second kappa shape index (κ2) is 9.27. The van der Waals surface area contributed by atoms with E-state index in [1.807, 2.05) is 6.92 Å². The van der Waals surface area contributed by atoms with Gasteiger partial charge >= 0.3 is 0 Å². The van der Waals surface area contributed by atoms with Crippen molar-refractivity contribution in [1.82, 2.24) is 15.8 Å². The number of hydrazine groups is 1. The molecule has 1 heterocycles. The molecule has 1 aliphatic rings. The maximum Gasteiger partial charge on any atom is 0.253 e. The van der Waals surface area contributed by atoms with Crippen LogP contribution in [0.4, 0.5) is 8.78 Å². The van der Waals surface area contributed by atoms with Gasteiger partial charge in [0.1, 0.15) is 11.6 Å². The maximum atomic E-state index is 14.0. The molecule has 6 nitrogen and oxygen atoms in total. The molecule has 0 unspecified atom stereocenters. The summed E-state index contributed by atoms with van der Waals surface area (Å²) < 4.78 is 27.1. The van der Waals surface area contributed by atoms with Gasteiger partial charge in [-0.1, -0.05) is 6.07 Å². The van der Waals surface area contributed by atoms with E-state index in [1.165, 1.54) is 12.3 Å². The van der Waals surface area contributed by atoms with Crippen LogP contribution in [-0.2, 0) is 16.0 Å². The average Bonchev–Trinajstić information content (AvgIpc) is 2.65. The number of carbonyl (C=O) groups is 2. The molecule has 0 aliphatic carbocycles. The van der Waals surface area contributed by atoms with E-state index in [1.54, 1.807) is 11.9 Å². The number of halogens is 2. The van der Waals surface area contributed by atoms with E-state index in [-0.39, 0.29) is 29.0 Å². The first kappa shape index (κ1) is 20.6. The molecule has 8 heteroatoms. The standard InChI is InChI=1S/C19H23F2N3O3/c1-3-24-8-4-5-15(19(24)27)18(26)17(25)13(11-23-22-2)9-12-6-7-14(20)10-16(12)21/h6-7,10-11,22-23,26H,3-5,8-9H2,1-2H3/b13-11-,18-15-. The SMILES string of the molecule is CCN1CCC/C(=C(/O)C(=O)/C(=C\NNC)Cc2ccc(F)cc2F)C1=O. The molecule has 0 aromatic heterocycles. The molecule has 1 aromatic carbocycles. The lowest BCUT2D eigenvalue weighted by Gasteiger charge is -2.27. The lowest BCUT2D eigenvalue weighted by atomic mass is 9.95. The zero-order valence-corrected chi connectivity index (χ0v) is 15.3. The van der Waals surface area contributed by atoms with E-state index in [2.05, 4.69) is 10.9 Å². The van der Waals surface area contributed by atoms with E-state index in [4.69, 9.17) is 0 Å². The Morgan fingerprint density at radius 3 is 2.74 bits per heavy atom. The number of Topliss-reactive ketones (excluding diaryl/α,β-unsaturated/α-hetero) is 1. The van der Waals surface area contributed by atoms with Crippen molar-refractivity contribution in [3.8, 4) is 0 Å². The van der Waals surface area contributed by atoms with Crippen molar-refractivity contribution in [2.75, 3.05) is 20.1 Å². The minimum absolute atomic E-state index is 0.0290. The smallest absolute Gasteiger partial charge is 0.253 e. The molecule has 1 amide bonds. The zero-order valence-electron chi connectivity index (χ0n) is 15.3. The highest BCUT2D eigenvalue weighted by Crippen LogP contribution is 2.23. The quantitative estimate of drug-likeness (QED) is 0.384. The molecule has 1 saturated heterocycles. The molecule has 1 fully saturated rings. The second-order valence-corrected chi connectivity index (χ2v) is 6.12. The van der Waals surface area contributed by atoms with Gasteiger partial charge in [-0.15, -0.1) is 0 Å². The van der Waals surface area contributed by atoms with Crippen molar-refractivity contribution in [1.29, 1.82) is 0 Å². The van der Waals surface area contributed by atoms with E-state index >= 15 is 0 Å². The minimum Gasteiger partial charge on any atom is -0.504 e. The number of aliphatic hydroxyl groups excluding tert-OH is 1. The van der Waals surface area contributed by atoms with Crippen molar-refractivity contribution in [3.63, 3.8) is 0 Å². The Balaban J connectivity index is 2.34. The van der Waals surface area contributed by atoms with Gasteiger partial charge in [0, 0.05) is 44.4 Å². The second-order valence-electron chi connectivity index (χ2n) is 6.12. The summed E-state index contributed by atoms with van der Waals surface area (Å²) in [5, 5.41) is 10.4. The first-order chi connectivity index (χ1) is 12.9. The normalized spacial score (nSPS) is 17.1. The number of rotatable bonds is 7. The third kappa shape index (κ3) is 4.91. The largest absolute Gasteiger partial charge is 0.504 e. The lowest BCUT2D eigenvalue weighted by molar-refractivity contribution is -0.129. The number of likely N-dealkylation sites (N-methyl/N-ethyl adjacent to an activating group) is 1. The molecule has 2 rings (SSSR count). The number of amides is 1. The molecule has 0 atom stereocenters. The van der Waals surface area contributed by atoms with Gasteiger partial charge < -0.3 is 15.4 Å². The van der Waals surface area contributed by atoms with E-state index in [0.717, 1.165) is 12.1 Å². The van der Waals surface area contributed by atoms with Gasteiger partial charge in [0.2, 0.25) is 5.78 Å². The number of nitrogens with one attached hydrogen (secondary N) is 2. The van der Waals surface area contributed by atoms with Crippen LogP contribution >= 0.6 is 0 Å². The topological polar surface area (TPSA) is 81.7 Å². The molecule has 0 radical (unpaired) electrons. The van der Waals surface area contributed by atoms with Gasteiger partial charge in [0.15, 0.2) is 5.76 Å². The zero-order chi connectivity index (χ0) is 20.0. The van der Waals surface area contributed by atoms with Crippen LogP contribution in [0.2, 0.25) is 0 Å². The molecule has 0 spiro atoms. The van der Waals surface area contributed by atoms with Crippen molar-refractivity contribution in [3.05, 3.63) is 58.5 Å². The summed E-state index contributed by atoms with van der Waals surface area (Å²) in [6, 6.07) is 3.05. The Morgan fingerprint density at radius 1 is 1.37 bits per heavy atom. The van der Waals surface area contributed by atoms with Crippen molar-refractivity contribution < 1.29 is 23.5 Å². The van der Waals surface area contributed by atoms with Gasteiger partial charge in [-0.2, -0.15) is 0 Å². The molecule has 0 saturated carbocycles. The first-order valence-corrected chi connectivity index (χ1v) is 8.70. The summed E-state index contributed by atoms with van der Waals surface area (Å²) in [6.45, 7) is 2.87. The minimum atomic E-state index is -0.795. The number of hydrogen-bond donors (Lipinski definition) is 3. The Kier molecular flexibility index (Phi) is 7.06. The summed E-state index contributed by atoms with van der Waals surface area (Å²) in [6.07, 6.45) is 2.05. The predicted octanol–water partition coefficient (Wildman–Crippen LogP) is 2.14. The third-order valence-electron chi connectivity index (χ3n) is 4.36. The number of hydrogen-bond acceptors (Lipinski definition) is 5. The van der Waals surface area contributed by atoms with Crippen molar-refractivity contribution >= 4 is 11.7 Å². The van der Waals surface area contributed by atoms with E-state index in [9.17, 15) is 23.5 Å². The van der Waals surface area contributed by atoms with Crippen LogP contribution < -0.4 is 10.9 Å². The summed E-state index contributed by atoms with van der Waals surface area (Å²) >= 11 is 0. The van der Waals surface area contributed by atoms with Gasteiger partial charge in [-0.3, -0.25) is 9.59 Å². The van der Waals surface area contributed by atoms with Crippen LogP contribution in [0.5, 0.6) is 0 Å². The van der Waals surface area contributed by atoms with Crippen LogP contribution in [0.25, 0.3) is 0 Å². The Hall–Kier alpha value is -2.74. The molecule has 3 N–H and O–H groups in total. The van der Waals surface area contributed by atoms with Gasteiger partial charge in [0.05, 0.1) is 5.57 Å². The van der Waals surface area contributed by atoms with Crippen molar-refractivity contribution in [2.45, 2.75) is 26.2 Å². The summed E-state index contributed by atoms with van der Waals surface area (Å²) in [5.41, 5.74) is 5.39. The number of carbonyl (C=O) groups excluding carboxylic acids is 2. The van der Waals surface area contributed by atoms with Gasteiger partial charge in [0.25, 0.3) is 5.91 Å². The Labute approximate surface area is 156 Å².